The summed E-state index contributed by atoms with van der Waals surface area (Å²) < 4.78 is 11.7. The number of rotatable bonds is 3. The van der Waals surface area contributed by atoms with Crippen LogP contribution in [0.5, 0.6) is 0 Å². The van der Waals surface area contributed by atoms with Gasteiger partial charge in [0.2, 0.25) is 5.89 Å². The van der Waals surface area contributed by atoms with E-state index in [1.165, 1.54) is 0 Å². The van der Waals surface area contributed by atoms with Gasteiger partial charge in [0, 0.05) is 22.2 Å². The Morgan fingerprint density at radius 1 is 0.900 bits per heavy atom. The van der Waals surface area contributed by atoms with E-state index in [0.717, 1.165) is 44.3 Å². The number of nitrogens with zero attached hydrogens (tertiary/aromatic N) is 1. The number of anilines is 1. The number of para-hydroxylation sites is 2. The maximum absolute atomic E-state index is 12.9. The summed E-state index contributed by atoms with van der Waals surface area (Å²) in [7, 11) is 0. The van der Waals surface area contributed by atoms with Gasteiger partial charge in [0.05, 0.1) is 0 Å². The van der Waals surface area contributed by atoms with Crippen LogP contribution in [0.25, 0.3) is 33.5 Å². The fraction of sp³-hybridized carbons (Fsp3) is 0.120. The van der Waals surface area contributed by atoms with Gasteiger partial charge in [-0.2, -0.15) is 0 Å². The maximum atomic E-state index is 12.9. The minimum atomic E-state index is -0.282. The molecule has 5 rings (SSSR count). The Labute approximate surface area is 173 Å². The summed E-state index contributed by atoms with van der Waals surface area (Å²) in [5.74, 6) is 0.555. The Hall–Kier alpha value is -3.86. The highest BCUT2D eigenvalue weighted by Crippen LogP contribution is 2.30. The van der Waals surface area contributed by atoms with Gasteiger partial charge >= 0.3 is 0 Å². The lowest BCUT2D eigenvalue weighted by molar-refractivity contribution is 0.0998. The Morgan fingerprint density at radius 2 is 1.73 bits per heavy atom. The molecule has 1 amide bonds. The van der Waals surface area contributed by atoms with Crippen molar-refractivity contribution in [2.45, 2.75) is 20.8 Å². The Balaban J connectivity index is 1.47. The van der Waals surface area contributed by atoms with Crippen molar-refractivity contribution in [2.75, 3.05) is 5.32 Å². The minimum Gasteiger partial charge on any atom is -0.451 e. The molecule has 0 aliphatic rings. The van der Waals surface area contributed by atoms with Gasteiger partial charge in [0.25, 0.3) is 5.91 Å². The number of nitrogens with one attached hydrogen (secondary N) is 1. The number of oxazole rings is 1. The van der Waals surface area contributed by atoms with Gasteiger partial charge in [-0.3, -0.25) is 4.79 Å². The molecule has 0 unspecified atom stereocenters. The first kappa shape index (κ1) is 18.2. The minimum absolute atomic E-state index is 0.282. The standard InChI is InChI=1S/C25H20N2O3/c1-14-11-15(2)22-16(3)23(29-21(22)12-14)24(28)26-18-8-6-7-17(13-18)25-27-19-9-4-5-10-20(19)30-25/h4-13H,1-3H3,(H,26,28). The molecule has 5 nitrogen and oxygen atoms in total. The second-order valence-electron chi connectivity index (χ2n) is 7.53. The number of carbonyl (C=O) groups is 1. The van der Waals surface area contributed by atoms with Crippen molar-refractivity contribution >= 4 is 33.7 Å². The van der Waals surface area contributed by atoms with Crippen molar-refractivity contribution in [1.82, 2.24) is 4.98 Å². The highest BCUT2D eigenvalue weighted by atomic mass is 16.4. The second-order valence-corrected chi connectivity index (χ2v) is 7.53. The Kier molecular flexibility index (Phi) is 4.17. The van der Waals surface area contributed by atoms with Crippen molar-refractivity contribution in [2.24, 2.45) is 0 Å². The monoisotopic (exact) mass is 396 g/mol. The third-order valence-electron chi connectivity index (χ3n) is 5.24. The molecule has 0 aliphatic carbocycles. The average Bonchev–Trinajstić information content (AvgIpc) is 3.29. The second kappa shape index (κ2) is 6.88. The summed E-state index contributed by atoms with van der Waals surface area (Å²) >= 11 is 0. The summed E-state index contributed by atoms with van der Waals surface area (Å²) in [6.07, 6.45) is 0. The first-order valence-corrected chi connectivity index (χ1v) is 9.77. The smallest absolute Gasteiger partial charge is 0.291 e. The van der Waals surface area contributed by atoms with Crippen LogP contribution in [-0.2, 0) is 0 Å². The van der Waals surface area contributed by atoms with E-state index in [1.807, 2.05) is 75.4 Å². The van der Waals surface area contributed by atoms with E-state index < -0.39 is 0 Å². The summed E-state index contributed by atoms with van der Waals surface area (Å²) in [6, 6.07) is 19.1. The fourth-order valence-electron chi connectivity index (χ4n) is 3.92. The number of carbonyl (C=O) groups excluding carboxylic acids is 1. The van der Waals surface area contributed by atoms with Crippen LogP contribution >= 0.6 is 0 Å². The van der Waals surface area contributed by atoms with Crippen molar-refractivity contribution in [3.63, 3.8) is 0 Å². The molecule has 148 valence electrons. The summed E-state index contributed by atoms with van der Waals surface area (Å²) in [5.41, 5.74) is 6.74. The molecule has 0 atom stereocenters. The summed E-state index contributed by atoms with van der Waals surface area (Å²) in [5, 5.41) is 3.93. The van der Waals surface area contributed by atoms with Crippen LogP contribution < -0.4 is 5.32 Å². The van der Waals surface area contributed by atoms with Gasteiger partial charge in [0.1, 0.15) is 11.1 Å². The topological polar surface area (TPSA) is 68.3 Å². The molecule has 2 heterocycles. The predicted octanol–water partition coefficient (Wildman–Crippen LogP) is 6.42. The fourth-order valence-corrected chi connectivity index (χ4v) is 3.92. The van der Waals surface area contributed by atoms with Gasteiger partial charge in [-0.1, -0.05) is 24.3 Å². The first-order chi connectivity index (χ1) is 14.5. The van der Waals surface area contributed by atoms with E-state index in [1.54, 1.807) is 0 Å². The molecule has 0 saturated heterocycles. The molecule has 0 saturated carbocycles. The third-order valence-corrected chi connectivity index (χ3v) is 5.24. The van der Waals surface area contributed by atoms with Gasteiger partial charge in [0.15, 0.2) is 11.3 Å². The molecule has 0 radical (unpaired) electrons. The molecule has 1 N–H and O–H groups in total. The SMILES string of the molecule is Cc1cc(C)c2c(C)c(C(=O)Nc3cccc(-c4nc5ccccc5o4)c3)oc2c1. The molecule has 3 aromatic carbocycles. The lowest BCUT2D eigenvalue weighted by atomic mass is 10.0. The van der Waals surface area contributed by atoms with Gasteiger partial charge in [-0.15, -0.1) is 0 Å². The van der Waals surface area contributed by atoms with E-state index in [0.29, 0.717) is 17.3 Å². The Bertz CT molecular complexity index is 1390. The quantitative estimate of drug-likeness (QED) is 0.382. The van der Waals surface area contributed by atoms with Crippen LogP contribution in [-0.4, -0.2) is 10.9 Å². The highest BCUT2D eigenvalue weighted by Gasteiger charge is 2.19. The summed E-state index contributed by atoms with van der Waals surface area (Å²) in [6.45, 7) is 5.96. The third kappa shape index (κ3) is 3.05. The van der Waals surface area contributed by atoms with Gasteiger partial charge in [-0.25, -0.2) is 4.98 Å². The van der Waals surface area contributed by atoms with E-state index in [9.17, 15) is 4.79 Å². The van der Waals surface area contributed by atoms with Gasteiger partial charge in [-0.05, 0) is 68.3 Å². The number of aryl methyl sites for hydroxylation is 3. The average molecular weight is 396 g/mol. The number of hydrogen-bond donors (Lipinski definition) is 1. The normalized spacial score (nSPS) is 11.3. The predicted molar refractivity (Wildman–Crippen MR) is 118 cm³/mol. The molecule has 0 bridgehead atoms. The largest absolute Gasteiger partial charge is 0.451 e. The molecule has 30 heavy (non-hydrogen) atoms. The number of aromatic nitrogens is 1. The van der Waals surface area contributed by atoms with Crippen molar-refractivity contribution in [3.8, 4) is 11.5 Å². The first-order valence-electron chi connectivity index (χ1n) is 9.77. The number of hydrogen-bond acceptors (Lipinski definition) is 4. The zero-order chi connectivity index (χ0) is 20.8. The van der Waals surface area contributed by atoms with E-state index in [-0.39, 0.29) is 5.91 Å². The molecule has 2 aromatic heterocycles. The Morgan fingerprint density at radius 3 is 2.57 bits per heavy atom. The lowest BCUT2D eigenvalue weighted by Crippen LogP contribution is -2.12. The molecule has 0 fully saturated rings. The van der Waals surface area contributed by atoms with E-state index in [2.05, 4.69) is 16.4 Å². The maximum Gasteiger partial charge on any atom is 0.291 e. The lowest BCUT2D eigenvalue weighted by Gasteiger charge is -2.05. The highest BCUT2D eigenvalue weighted by molar-refractivity contribution is 6.07. The number of amides is 1. The van der Waals surface area contributed by atoms with Crippen LogP contribution in [0.1, 0.15) is 27.2 Å². The molecular formula is C25H20N2O3. The zero-order valence-corrected chi connectivity index (χ0v) is 16.9. The number of benzene rings is 3. The van der Waals surface area contributed by atoms with Crippen molar-refractivity contribution < 1.29 is 13.6 Å². The molecule has 0 aliphatic heterocycles. The molecule has 5 aromatic rings. The van der Waals surface area contributed by atoms with Gasteiger partial charge < -0.3 is 14.2 Å². The number of fused-ring (bicyclic) bond motifs is 2. The van der Waals surface area contributed by atoms with Crippen LogP contribution in [0.4, 0.5) is 5.69 Å². The van der Waals surface area contributed by atoms with Crippen LogP contribution in [0.15, 0.2) is 69.5 Å². The zero-order valence-electron chi connectivity index (χ0n) is 16.9. The number of furan rings is 1. The molecule has 5 heteroatoms. The molecule has 0 spiro atoms. The van der Waals surface area contributed by atoms with E-state index in [4.69, 9.17) is 8.83 Å². The van der Waals surface area contributed by atoms with E-state index >= 15 is 0 Å². The van der Waals surface area contributed by atoms with Crippen LogP contribution in [0, 0.1) is 20.8 Å². The summed E-state index contributed by atoms with van der Waals surface area (Å²) in [4.78, 5) is 17.5. The van der Waals surface area contributed by atoms with Crippen molar-refractivity contribution in [3.05, 3.63) is 83.1 Å². The van der Waals surface area contributed by atoms with Crippen molar-refractivity contribution in [1.29, 1.82) is 0 Å². The molecular weight excluding hydrogens is 376 g/mol. The van der Waals surface area contributed by atoms with Crippen LogP contribution in [0.2, 0.25) is 0 Å². The van der Waals surface area contributed by atoms with Crippen LogP contribution in [0.3, 0.4) is 0 Å².